The van der Waals surface area contributed by atoms with E-state index in [-0.39, 0.29) is 17.7 Å². The molecule has 11 heteroatoms. The van der Waals surface area contributed by atoms with Crippen molar-refractivity contribution < 1.29 is 18.0 Å². The third-order valence-corrected chi connectivity index (χ3v) is 6.44. The molecule has 2 amide bonds. The molecule has 1 fully saturated rings. The Kier molecular flexibility index (Phi) is 6.86. The zero-order chi connectivity index (χ0) is 25.3. The zero-order valence-corrected chi connectivity index (χ0v) is 21.2. The number of halogens is 1. The van der Waals surface area contributed by atoms with Crippen molar-refractivity contribution >= 4 is 55.9 Å². The van der Waals surface area contributed by atoms with E-state index in [1.54, 1.807) is 66.4 Å². The molecular formula is C24H26ClN5O4S. The van der Waals surface area contributed by atoms with Crippen LogP contribution in [0.25, 0.3) is 10.9 Å². The molecule has 0 saturated carbocycles. The number of sulfonamides is 1. The van der Waals surface area contributed by atoms with E-state index in [2.05, 4.69) is 14.7 Å². The quantitative estimate of drug-likeness (QED) is 0.387. The van der Waals surface area contributed by atoms with Gasteiger partial charge in [0.15, 0.2) is 0 Å². The average Bonchev–Trinajstić information content (AvgIpc) is 3.38. The van der Waals surface area contributed by atoms with Crippen molar-refractivity contribution in [3.05, 3.63) is 64.8 Å². The maximum atomic E-state index is 12.6. The van der Waals surface area contributed by atoms with Crippen LogP contribution in [0.2, 0.25) is 5.02 Å². The average molecular weight is 516 g/mol. The Hall–Kier alpha value is -3.37. The molecule has 2 aromatic carbocycles. The van der Waals surface area contributed by atoms with Crippen LogP contribution in [0.3, 0.4) is 0 Å². The number of benzene rings is 2. The smallest absolute Gasteiger partial charge is 0.267 e. The molecule has 1 unspecified atom stereocenters. The summed E-state index contributed by atoms with van der Waals surface area (Å²) in [5.41, 5.74) is 2.55. The highest BCUT2D eigenvalue weighted by molar-refractivity contribution is 7.89. The van der Waals surface area contributed by atoms with Crippen LogP contribution in [0.5, 0.6) is 0 Å². The Balaban J connectivity index is 1.40. The second-order valence-corrected chi connectivity index (χ2v) is 10.9. The van der Waals surface area contributed by atoms with Crippen LogP contribution in [-0.2, 0) is 14.8 Å². The molecule has 1 saturated heterocycles. The van der Waals surface area contributed by atoms with E-state index >= 15 is 0 Å². The number of rotatable bonds is 6. The van der Waals surface area contributed by atoms with Crippen LogP contribution in [0, 0.1) is 5.92 Å². The molecule has 35 heavy (non-hydrogen) atoms. The minimum Gasteiger partial charge on any atom is -0.362 e. The first-order chi connectivity index (χ1) is 16.5. The van der Waals surface area contributed by atoms with Gasteiger partial charge in [-0.15, -0.1) is 4.40 Å². The van der Waals surface area contributed by atoms with Crippen molar-refractivity contribution in [3.8, 4) is 0 Å². The number of hydrogen-bond donors (Lipinski definition) is 2. The van der Waals surface area contributed by atoms with Gasteiger partial charge in [0.25, 0.3) is 15.9 Å². The molecule has 9 nitrogen and oxygen atoms in total. The van der Waals surface area contributed by atoms with E-state index < -0.39 is 10.0 Å². The fraction of sp³-hybridized carbons (Fsp3) is 0.292. The van der Waals surface area contributed by atoms with Gasteiger partial charge >= 0.3 is 0 Å². The monoisotopic (exact) mass is 515 g/mol. The van der Waals surface area contributed by atoms with Gasteiger partial charge < -0.3 is 20.1 Å². The van der Waals surface area contributed by atoms with E-state index in [1.807, 2.05) is 6.07 Å². The molecule has 1 atom stereocenters. The predicted octanol–water partition coefficient (Wildman–Crippen LogP) is 2.87. The largest absolute Gasteiger partial charge is 0.362 e. The highest BCUT2D eigenvalue weighted by atomic mass is 35.5. The lowest BCUT2D eigenvalue weighted by molar-refractivity contribution is -0.117. The Labute approximate surface area is 208 Å². The van der Waals surface area contributed by atoms with E-state index in [0.717, 1.165) is 17.2 Å². The fourth-order valence-corrected chi connectivity index (χ4v) is 4.82. The van der Waals surface area contributed by atoms with Gasteiger partial charge in [-0.25, -0.2) is 8.42 Å². The third kappa shape index (κ3) is 5.83. The van der Waals surface area contributed by atoms with Crippen molar-refractivity contribution in [3.63, 3.8) is 0 Å². The Bertz CT molecular complexity index is 1410. The summed E-state index contributed by atoms with van der Waals surface area (Å²) in [6.45, 7) is 0.833. The Morgan fingerprint density at radius 3 is 2.57 bits per heavy atom. The zero-order valence-electron chi connectivity index (χ0n) is 19.6. The molecule has 1 aliphatic heterocycles. The number of carbonyl (C=O) groups is 2. The first kappa shape index (κ1) is 24.7. The minimum atomic E-state index is -3.56. The van der Waals surface area contributed by atoms with Crippen molar-refractivity contribution in [2.24, 2.45) is 10.3 Å². The van der Waals surface area contributed by atoms with Crippen LogP contribution in [-0.4, -0.2) is 69.4 Å². The molecule has 0 bridgehead atoms. The van der Waals surface area contributed by atoms with Gasteiger partial charge in [0, 0.05) is 66.7 Å². The first-order valence-electron chi connectivity index (χ1n) is 10.9. The van der Waals surface area contributed by atoms with E-state index in [1.165, 1.54) is 0 Å². The molecule has 184 valence electrons. The van der Waals surface area contributed by atoms with Gasteiger partial charge in [-0.2, -0.15) is 0 Å². The number of amides is 2. The number of anilines is 1. The number of aromatic amines is 1. The molecule has 2 N–H and O–H groups in total. The summed E-state index contributed by atoms with van der Waals surface area (Å²) in [5.74, 6) is 0.00422. The van der Waals surface area contributed by atoms with Gasteiger partial charge in [-0.05, 0) is 42.5 Å². The summed E-state index contributed by atoms with van der Waals surface area (Å²) in [7, 11) is -0.134. The van der Waals surface area contributed by atoms with Gasteiger partial charge in [0.2, 0.25) is 5.91 Å². The SMILES string of the molecule is CN(C)/C(=N/S(C)(=O)=O)c1ccc(N2CC(CNC(=O)c3cc4ccc(Cl)cc4[nH]3)CC2=O)cc1. The van der Waals surface area contributed by atoms with Gasteiger partial charge in [0.1, 0.15) is 11.5 Å². The van der Waals surface area contributed by atoms with Crippen molar-refractivity contribution in [2.45, 2.75) is 6.42 Å². The molecule has 3 aromatic rings. The Morgan fingerprint density at radius 2 is 1.91 bits per heavy atom. The second-order valence-electron chi connectivity index (χ2n) is 8.79. The highest BCUT2D eigenvalue weighted by Crippen LogP contribution is 2.26. The fourth-order valence-electron chi connectivity index (χ4n) is 4.06. The van der Waals surface area contributed by atoms with Crippen LogP contribution >= 0.6 is 11.6 Å². The Morgan fingerprint density at radius 1 is 1.20 bits per heavy atom. The molecule has 0 aliphatic carbocycles. The number of nitrogens with zero attached hydrogens (tertiary/aromatic N) is 3. The lowest BCUT2D eigenvalue weighted by atomic mass is 10.1. The lowest BCUT2D eigenvalue weighted by Gasteiger charge is -2.19. The van der Waals surface area contributed by atoms with Gasteiger partial charge in [0.05, 0.1) is 6.26 Å². The van der Waals surface area contributed by atoms with Crippen LogP contribution in [0.4, 0.5) is 5.69 Å². The predicted molar refractivity (Wildman–Crippen MR) is 138 cm³/mol. The highest BCUT2D eigenvalue weighted by Gasteiger charge is 2.31. The molecular weight excluding hydrogens is 490 g/mol. The van der Waals surface area contributed by atoms with Crippen molar-refractivity contribution in [1.29, 1.82) is 0 Å². The van der Waals surface area contributed by atoms with Crippen molar-refractivity contribution in [1.82, 2.24) is 15.2 Å². The number of H-pyrrole nitrogens is 1. The number of nitrogens with one attached hydrogen (secondary N) is 2. The summed E-state index contributed by atoms with van der Waals surface area (Å²) in [6, 6.07) is 14.2. The number of amidine groups is 1. The number of fused-ring (bicyclic) bond motifs is 1. The number of aromatic nitrogens is 1. The normalized spacial score (nSPS) is 16.7. The minimum absolute atomic E-state index is 0.0325. The maximum Gasteiger partial charge on any atom is 0.267 e. The van der Waals surface area contributed by atoms with Crippen LogP contribution < -0.4 is 10.2 Å². The van der Waals surface area contributed by atoms with Crippen LogP contribution in [0.15, 0.2) is 52.9 Å². The molecule has 1 aliphatic rings. The summed E-state index contributed by atoms with van der Waals surface area (Å²) >= 11 is 6.01. The first-order valence-corrected chi connectivity index (χ1v) is 13.2. The van der Waals surface area contributed by atoms with Gasteiger partial charge in [-0.1, -0.05) is 17.7 Å². The van der Waals surface area contributed by atoms with E-state index in [0.29, 0.717) is 47.3 Å². The second kappa shape index (κ2) is 9.71. The van der Waals surface area contributed by atoms with Gasteiger partial charge in [-0.3, -0.25) is 9.59 Å². The standard InChI is InChI=1S/C24H26ClN5O4S/c1-29(2)23(28-35(3,33)34)16-5-8-19(9-6-16)30-14-15(10-22(30)31)13-26-24(32)21-11-17-4-7-18(25)12-20(17)27-21/h4-9,11-12,15,27H,10,13-14H2,1-3H3,(H,26,32)/b28-23+. The molecule has 2 heterocycles. The lowest BCUT2D eigenvalue weighted by Crippen LogP contribution is -2.31. The van der Waals surface area contributed by atoms with E-state index in [9.17, 15) is 18.0 Å². The number of hydrogen-bond acceptors (Lipinski definition) is 4. The molecule has 4 rings (SSSR count). The summed E-state index contributed by atoms with van der Waals surface area (Å²) in [6.07, 6.45) is 1.36. The number of carbonyl (C=O) groups excluding carboxylic acids is 2. The summed E-state index contributed by atoms with van der Waals surface area (Å²) in [5, 5.41) is 4.39. The van der Waals surface area contributed by atoms with Crippen molar-refractivity contribution in [2.75, 3.05) is 38.3 Å². The summed E-state index contributed by atoms with van der Waals surface area (Å²) in [4.78, 5) is 31.6. The molecule has 0 spiro atoms. The van der Waals surface area contributed by atoms with Crippen LogP contribution in [0.1, 0.15) is 22.5 Å². The van der Waals surface area contributed by atoms with E-state index in [4.69, 9.17) is 11.6 Å². The third-order valence-electron chi connectivity index (χ3n) is 5.70. The molecule has 1 aromatic heterocycles. The topological polar surface area (TPSA) is 115 Å². The maximum absolute atomic E-state index is 12.6. The summed E-state index contributed by atoms with van der Waals surface area (Å²) < 4.78 is 27.1. The molecule has 0 radical (unpaired) electrons.